The van der Waals surface area contributed by atoms with Crippen LogP contribution in [0.3, 0.4) is 0 Å². The molecule has 0 amide bonds. The highest BCUT2D eigenvalue weighted by Crippen LogP contribution is 2.37. The van der Waals surface area contributed by atoms with Gasteiger partial charge in [0.25, 0.3) is 0 Å². The zero-order chi connectivity index (χ0) is 31.3. The van der Waals surface area contributed by atoms with Gasteiger partial charge in [0.2, 0.25) is 0 Å². The molecule has 46 heavy (non-hydrogen) atoms. The van der Waals surface area contributed by atoms with Gasteiger partial charge in [0.05, 0.1) is 28.5 Å². The van der Waals surface area contributed by atoms with Crippen LogP contribution in [0.15, 0.2) is 156 Å². The fourth-order valence-electron chi connectivity index (χ4n) is 4.98. The molecule has 0 saturated carbocycles. The fraction of sp³-hybridized carbons (Fsp3) is 0. The van der Waals surface area contributed by atoms with Gasteiger partial charge in [-0.2, -0.15) is 15.0 Å². The van der Waals surface area contributed by atoms with E-state index in [0.29, 0.717) is 22.8 Å². The molecule has 5 aromatic rings. The Morgan fingerprint density at radius 3 is 1.54 bits per heavy atom. The van der Waals surface area contributed by atoms with E-state index in [1.165, 1.54) is 0 Å². The first-order valence-corrected chi connectivity index (χ1v) is 14.6. The van der Waals surface area contributed by atoms with Gasteiger partial charge in [-0.3, -0.25) is 21.7 Å². The van der Waals surface area contributed by atoms with Crippen molar-refractivity contribution < 1.29 is 0 Å². The number of aromatic nitrogens is 3. The van der Waals surface area contributed by atoms with E-state index < -0.39 is 0 Å². The number of allylic oxidation sites excluding steroid dienone is 8. The molecule has 7 rings (SSSR count). The molecular weight excluding hydrogens is 572 g/mol. The fourth-order valence-corrected chi connectivity index (χ4v) is 4.98. The molecule has 10 nitrogen and oxygen atoms in total. The van der Waals surface area contributed by atoms with E-state index >= 15 is 0 Å². The largest absolute Gasteiger partial charge is 0.310 e. The second kappa shape index (κ2) is 12.5. The molecule has 1 aromatic heterocycles. The molecule has 0 unspecified atom stereocenters. The van der Waals surface area contributed by atoms with Crippen LogP contribution in [0.5, 0.6) is 0 Å². The van der Waals surface area contributed by atoms with Crippen molar-refractivity contribution in [2.45, 2.75) is 0 Å². The van der Waals surface area contributed by atoms with Crippen molar-refractivity contribution in [2.24, 2.45) is 10.2 Å². The summed E-state index contributed by atoms with van der Waals surface area (Å²) in [6, 6.07) is 31.7. The van der Waals surface area contributed by atoms with Crippen molar-refractivity contribution in [1.82, 2.24) is 15.0 Å². The first kappa shape index (κ1) is 28.1. The lowest BCUT2D eigenvalue weighted by Crippen LogP contribution is -2.13. The third-order valence-corrected chi connectivity index (χ3v) is 7.25. The molecular formula is C36H28N10. The first-order chi connectivity index (χ1) is 22.6. The Hall–Kier alpha value is -6.68. The summed E-state index contributed by atoms with van der Waals surface area (Å²) in [5.41, 5.74) is 14.8. The third kappa shape index (κ3) is 6.03. The summed E-state index contributed by atoms with van der Waals surface area (Å²) in [5.74, 6) is 0. The Bertz CT molecular complexity index is 2020. The van der Waals surface area contributed by atoms with Crippen LogP contribution in [0.1, 0.15) is 0 Å². The predicted octanol–water partition coefficient (Wildman–Crippen LogP) is 7.72. The number of hydrogen-bond acceptors (Lipinski definition) is 9. The van der Waals surface area contributed by atoms with E-state index in [1.807, 2.05) is 121 Å². The van der Waals surface area contributed by atoms with Gasteiger partial charge in [0, 0.05) is 17.1 Å². The van der Waals surface area contributed by atoms with E-state index in [9.17, 15) is 0 Å². The Kier molecular flexibility index (Phi) is 7.64. The average Bonchev–Trinajstić information content (AvgIpc) is 3.53. The second-order valence-electron chi connectivity index (χ2n) is 10.4. The van der Waals surface area contributed by atoms with Gasteiger partial charge in [-0.15, -0.1) is 10.2 Å². The number of rotatable bonds is 8. The first-order valence-electron chi connectivity index (χ1n) is 14.6. The summed E-state index contributed by atoms with van der Waals surface area (Å²) in [6.07, 6.45) is 14.4. The molecule has 2 aliphatic rings. The average molecular weight is 601 g/mol. The number of benzene rings is 4. The van der Waals surface area contributed by atoms with Gasteiger partial charge in [0.15, 0.2) is 0 Å². The molecule has 10 heteroatoms. The number of fused-ring (bicyclic) bond motifs is 1. The number of hydrogen-bond donors (Lipinski definition) is 4. The zero-order valence-corrected chi connectivity index (χ0v) is 24.5. The van der Waals surface area contributed by atoms with E-state index in [0.717, 1.165) is 45.2 Å². The third-order valence-electron chi connectivity index (χ3n) is 7.25. The van der Waals surface area contributed by atoms with Crippen LogP contribution in [-0.4, -0.2) is 37.8 Å². The molecule has 0 saturated heterocycles. The maximum atomic E-state index is 8.13. The minimum absolute atomic E-state index is 0.343. The molecule has 1 heterocycles. The molecule has 4 N–H and O–H groups in total. The SMILES string of the molecule is N=C1C=CC=C/C1=N/Nc1cccc(N(c2ccc(-n3nc4ccccc4n3)cc2)c2cccc(N/N=C3/C=CC=CC3=N)c2)c1. The van der Waals surface area contributed by atoms with Gasteiger partial charge < -0.3 is 4.90 Å². The lowest BCUT2D eigenvalue weighted by Gasteiger charge is -2.26. The maximum absolute atomic E-state index is 8.13. The monoisotopic (exact) mass is 600 g/mol. The summed E-state index contributed by atoms with van der Waals surface area (Å²) < 4.78 is 0. The highest BCUT2D eigenvalue weighted by molar-refractivity contribution is 6.50. The molecule has 4 aromatic carbocycles. The molecule has 222 valence electrons. The molecule has 0 fully saturated rings. The minimum Gasteiger partial charge on any atom is -0.310 e. The van der Waals surface area contributed by atoms with E-state index in [4.69, 9.17) is 10.8 Å². The number of anilines is 5. The Balaban J connectivity index is 1.24. The van der Waals surface area contributed by atoms with Crippen LogP contribution in [0.25, 0.3) is 16.7 Å². The van der Waals surface area contributed by atoms with Crippen molar-refractivity contribution in [1.29, 1.82) is 10.8 Å². The Morgan fingerprint density at radius 1 is 0.543 bits per heavy atom. The van der Waals surface area contributed by atoms with Crippen LogP contribution in [0.4, 0.5) is 28.4 Å². The predicted molar refractivity (Wildman–Crippen MR) is 188 cm³/mol. The highest BCUT2D eigenvalue weighted by Gasteiger charge is 2.15. The standard InChI is InChI=1S/C36H28N10/c37-31-13-1-3-15-33(31)41-39-25-9-7-11-29(23-25)45(30-12-8-10-26(24-30)40-42-34-16-4-2-14-32(34)38)27-19-21-28(22-20-27)46-43-35-17-5-6-18-36(35)44-46/h1-24,37-40H/b37-31?,38-32?,41-33-,42-34-. The lowest BCUT2D eigenvalue weighted by molar-refractivity contribution is 0.766. The Morgan fingerprint density at radius 2 is 1.04 bits per heavy atom. The van der Waals surface area contributed by atoms with Gasteiger partial charge in [-0.25, -0.2) is 0 Å². The molecule has 0 radical (unpaired) electrons. The van der Waals surface area contributed by atoms with E-state index in [2.05, 4.69) is 36.2 Å². The van der Waals surface area contributed by atoms with Crippen molar-refractivity contribution in [2.75, 3.05) is 15.8 Å². The number of nitrogens with one attached hydrogen (secondary N) is 4. The van der Waals surface area contributed by atoms with Crippen LogP contribution in [-0.2, 0) is 0 Å². The topological polar surface area (TPSA) is 130 Å². The normalized spacial score (nSPS) is 15.7. The van der Waals surface area contributed by atoms with Gasteiger partial charge >= 0.3 is 0 Å². The van der Waals surface area contributed by atoms with Gasteiger partial charge in [-0.05, 0) is 97.1 Å². The summed E-state index contributed by atoms with van der Waals surface area (Å²) in [5, 5.41) is 34.4. The molecule has 0 bridgehead atoms. The van der Waals surface area contributed by atoms with Crippen molar-refractivity contribution in [3.8, 4) is 5.69 Å². The quantitative estimate of drug-likeness (QED) is 0.107. The van der Waals surface area contributed by atoms with Crippen molar-refractivity contribution >= 4 is 62.3 Å². The maximum Gasteiger partial charge on any atom is 0.113 e. The van der Waals surface area contributed by atoms with Crippen molar-refractivity contribution in [3.63, 3.8) is 0 Å². The van der Waals surface area contributed by atoms with Crippen molar-refractivity contribution in [3.05, 3.63) is 146 Å². The molecule has 0 spiro atoms. The number of hydrazone groups is 2. The van der Waals surface area contributed by atoms with Crippen LogP contribution < -0.4 is 15.8 Å². The summed E-state index contributed by atoms with van der Waals surface area (Å²) >= 11 is 0. The van der Waals surface area contributed by atoms with Crippen LogP contribution >= 0.6 is 0 Å². The van der Waals surface area contributed by atoms with Crippen LogP contribution in [0.2, 0.25) is 0 Å². The Labute approximate surface area is 265 Å². The second-order valence-corrected chi connectivity index (χ2v) is 10.4. The zero-order valence-electron chi connectivity index (χ0n) is 24.5. The number of nitrogens with zero attached hydrogens (tertiary/aromatic N) is 6. The smallest absolute Gasteiger partial charge is 0.113 e. The van der Waals surface area contributed by atoms with Gasteiger partial charge in [0.1, 0.15) is 22.5 Å². The molecule has 0 atom stereocenters. The highest BCUT2D eigenvalue weighted by atomic mass is 15.5. The van der Waals surface area contributed by atoms with E-state index in [1.54, 1.807) is 29.1 Å². The van der Waals surface area contributed by atoms with Crippen LogP contribution in [0, 0.1) is 10.8 Å². The molecule has 2 aliphatic carbocycles. The summed E-state index contributed by atoms with van der Waals surface area (Å²) in [4.78, 5) is 3.77. The minimum atomic E-state index is 0.343. The van der Waals surface area contributed by atoms with Gasteiger partial charge in [-0.1, -0.05) is 48.6 Å². The lowest BCUT2D eigenvalue weighted by atomic mass is 10.1. The van der Waals surface area contributed by atoms with E-state index in [-0.39, 0.29) is 0 Å². The molecule has 0 aliphatic heterocycles. The summed E-state index contributed by atoms with van der Waals surface area (Å²) in [7, 11) is 0. The summed E-state index contributed by atoms with van der Waals surface area (Å²) in [6.45, 7) is 0.